The van der Waals surface area contributed by atoms with Gasteiger partial charge in [0.05, 0.1) is 0 Å². The van der Waals surface area contributed by atoms with Gasteiger partial charge in [-0.05, 0) is 72.2 Å². The Labute approximate surface area is 197 Å². The highest BCUT2D eigenvalue weighted by Gasteiger charge is 2.22. The second kappa shape index (κ2) is 8.38. The summed E-state index contributed by atoms with van der Waals surface area (Å²) in [5, 5.41) is 0. The maximum absolute atomic E-state index is 2.34. The van der Waals surface area contributed by atoms with Gasteiger partial charge in [0.25, 0.3) is 0 Å². The van der Waals surface area contributed by atoms with Crippen LogP contribution in [0.25, 0.3) is 29.3 Å². The smallest absolute Gasteiger partial charge is 0.0449 e. The van der Waals surface area contributed by atoms with E-state index in [1.54, 1.807) is 0 Å². The van der Waals surface area contributed by atoms with E-state index in [9.17, 15) is 0 Å². The SMILES string of the molecule is CCC(C)(C)c1ccc(-c2ccc(-c3ccc(-c4ccc(C(C)(C)CC)s4)s3)s2)s1. The van der Waals surface area contributed by atoms with Gasteiger partial charge in [-0.1, -0.05) is 41.5 Å². The van der Waals surface area contributed by atoms with Crippen molar-refractivity contribution in [2.75, 3.05) is 0 Å². The molecule has 0 bridgehead atoms. The summed E-state index contributed by atoms with van der Waals surface area (Å²) in [6.07, 6.45) is 2.33. The van der Waals surface area contributed by atoms with Crippen molar-refractivity contribution in [2.24, 2.45) is 0 Å². The van der Waals surface area contributed by atoms with Crippen molar-refractivity contribution in [1.29, 1.82) is 0 Å². The quantitative estimate of drug-likeness (QED) is 0.252. The minimum atomic E-state index is 0.261. The van der Waals surface area contributed by atoms with Gasteiger partial charge in [0.2, 0.25) is 0 Å². The molecule has 0 fully saturated rings. The van der Waals surface area contributed by atoms with E-state index in [2.05, 4.69) is 90.1 Å². The van der Waals surface area contributed by atoms with Crippen molar-refractivity contribution in [3.63, 3.8) is 0 Å². The molecule has 0 spiro atoms. The molecule has 0 aromatic carbocycles. The topological polar surface area (TPSA) is 0 Å². The van der Waals surface area contributed by atoms with Gasteiger partial charge in [0.15, 0.2) is 0 Å². The minimum absolute atomic E-state index is 0.261. The summed E-state index contributed by atoms with van der Waals surface area (Å²) >= 11 is 7.73. The molecule has 4 heterocycles. The van der Waals surface area contributed by atoms with Crippen molar-refractivity contribution in [2.45, 2.75) is 65.2 Å². The van der Waals surface area contributed by atoms with Crippen LogP contribution < -0.4 is 0 Å². The van der Waals surface area contributed by atoms with Crippen LogP contribution in [-0.4, -0.2) is 0 Å². The first kappa shape index (κ1) is 22.0. The standard InChI is InChI=1S/C26H30S4/c1-7-25(3,4)23-15-13-21(29-23)19-11-9-17(27-19)18-10-12-20(28-18)22-14-16-24(30-22)26(5,6)8-2/h9-16H,7-8H2,1-6H3. The second-order valence-corrected chi connectivity index (χ2v) is 13.5. The Morgan fingerprint density at radius 2 is 0.733 bits per heavy atom. The summed E-state index contributed by atoms with van der Waals surface area (Å²) in [7, 11) is 0. The third kappa shape index (κ3) is 4.25. The van der Waals surface area contributed by atoms with Gasteiger partial charge in [-0.25, -0.2) is 0 Å². The molecule has 158 valence electrons. The monoisotopic (exact) mass is 470 g/mol. The third-order valence-electron chi connectivity index (χ3n) is 6.25. The molecule has 0 aliphatic rings. The Morgan fingerprint density at radius 1 is 0.467 bits per heavy atom. The summed E-state index contributed by atoms with van der Waals surface area (Å²) in [5.41, 5.74) is 0.523. The summed E-state index contributed by atoms with van der Waals surface area (Å²) in [6, 6.07) is 18.4. The fourth-order valence-corrected chi connectivity index (χ4v) is 7.86. The van der Waals surface area contributed by atoms with Gasteiger partial charge in [-0.3, -0.25) is 0 Å². The Hall–Kier alpha value is -1.20. The molecule has 0 nitrogen and oxygen atoms in total. The Morgan fingerprint density at radius 3 is 1.03 bits per heavy atom. The average molecular weight is 471 g/mol. The number of rotatable bonds is 7. The second-order valence-electron chi connectivity index (χ2n) is 9.13. The largest absolute Gasteiger partial charge is 0.139 e. The molecule has 0 atom stereocenters. The number of hydrogen-bond donors (Lipinski definition) is 0. The zero-order valence-corrected chi connectivity index (χ0v) is 21.9. The molecule has 4 heteroatoms. The molecule has 4 rings (SSSR count). The molecule has 30 heavy (non-hydrogen) atoms. The molecular weight excluding hydrogens is 441 g/mol. The van der Waals surface area contributed by atoms with Gasteiger partial charge >= 0.3 is 0 Å². The predicted molar refractivity (Wildman–Crippen MR) is 141 cm³/mol. The van der Waals surface area contributed by atoms with Crippen LogP contribution in [0, 0.1) is 0 Å². The van der Waals surface area contributed by atoms with E-state index in [0.717, 1.165) is 0 Å². The first-order valence-corrected chi connectivity index (χ1v) is 13.9. The van der Waals surface area contributed by atoms with Crippen LogP contribution in [-0.2, 0) is 10.8 Å². The van der Waals surface area contributed by atoms with Crippen molar-refractivity contribution < 1.29 is 0 Å². The van der Waals surface area contributed by atoms with Crippen molar-refractivity contribution in [3.8, 4) is 29.3 Å². The highest BCUT2D eigenvalue weighted by molar-refractivity contribution is 7.28. The van der Waals surface area contributed by atoms with Gasteiger partial charge < -0.3 is 0 Å². The van der Waals surface area contributed by atoms with Crippen LogP contribution in [0.4, 0.5) is 0 Å². The van der Waals surface area contributed by atoms with Crippen LogP contribution in [0.15, 0.2) is 48.5 Å². The van der Waals surface area contributed by atoms with Crippen molar-refractivity contribution in [3.05, 3.63) is 58.3 Å². The van der Waals surface area contributed by atoms with E-state index in [1.807, 2.05) is 45.3 Å². The average Bonchev–Trinajstić information content (AvgIpc) is 3.51. The van der Waals surface area contributed by atoms with E-state index >= 15 is 0 Å². The molecule has 0 amide bonds. The molecule has 0 aliphatic carbocycles. The lowest BCUT2D eigenvalue weighted by Crippen LogP contribution is -2.12. The lowest BCUT2D eigenvalue weighted by molar-refractivity contribution is 0.517. The van der Waals surface area contributed by atoms with E-state index in [0.29, 0.717) is 0 Å². The molecule has 0 saturated heterocycles. The molecule has 0 unspecified atom stereocenters. The molecule has 4 aromatic heterocycles. The van der Waals surface area contributed by atoms with Gasteiger partial charge in [0.1, 0.15) is 0 Å². The van der Waals surface area contributed by atoms with Crippen LogP contribution in [0.2, 0.25) is 0 Å². The highest BCUT2D eigenvalue weighted by Crippen LogP contribution is 2.45. The van der Waals surface area contributed by atoms with Gasteiger partial charge in [-0.2, -0.15) is 0 Å². The fraction of sp³-hybridized carbons (Fsp3) is 0.385. The van der Waals surface area contributed by atoms with Crippen LogP contribution in [0.1, 0.15) is 64.1 Å². The molecular formula is C26H30S4. The van der Waals surface area contributed by atoms with Crippen LogP contribution in [0.3, 0.4) is 0 Å². The van der Waals surface area contributed by atoms with E-state index < -0.39 is 0 Å². The minimum Gasteiger partial charge on any atom is -0.139 e. The number of thiophene rings is 4. The summed E-state index contributed by atoms with van der Waals surface area (Å²) in [6.45, 7) is 13.9. The summed E-state index contributed by atoms with van der Waals surface area (Å²) in [5.74, 6) is 0. The summed E-state index contributed by atoms with van der Waals surface area (Å²) in [4.78, 5) is 11.3. The van der Waals surface area contributed by atoms with Crippen LogP contribution >= 0.6 is 45.3 Å². The summed E-state index contributed by atoms with van der Waals surface area (Å²) < 4.78 is 0. The third-order valence-corrected chi connectivity index (χ3v) is 11.9. The normalized spacial score (nSPS) is 12.6. The molecule has 0 N–H and O–H groups in total. The molecule has 4 aromatic rings. The van der Waals surface area contributed by atoms with E-state index in [-0.39, 0.29) is 10.8 Å². The zero-order valence-electron chi connectivity index (χ0n) is 18.7. The lowest BCUT2D eigenvalue weighted by Gasteiger charge is -2.20. The van der Waals surface area contributed by atoms with E-state index in [1.165, 1.54) is 51.9 Å². The van der Waals surface area contributed by atoms with Gasteiger partial charge in [-0.15, -0.1) is 45.3 Å². The molecule has 0 saturated carbocycles. The fourth-order valence-electron chi connectivity index (χ4n) is 3.22. The van der Waals surface area contributed by atoms with Crippen molar-refractivity contribution >= 4 is 45.3 Å². The van der Waals surface area contributed by atoms with E-state index in [4.69, 9.17) is 0 Å². The van der Waals surface area contributed by atoms with Gasteiger partial charge in [0, 0.05) is 39.0 Å². The first-order chi connectivity index (χ1) is 14.2. The molecule has 0 radical (unpaired) electrons. The Bertz CT molecular complexity index is 1040. The first-order valence-electron chi connectivity index (χ1n) is 10.6. The Balaban J connectivity index is 1.56. The Kier molecular flexibility index (Phi) is 6.15. The predicted octanol–water partition coefficient (Wildman–Crippen LogP) is 10.3. The molecule has 0 aliphatic heterocycles. The zero-order chi connectivity index (χ0) is 21.5. The number of hydrogen-bond acceptors (Lipinski definition) is 4. The maximum Gasteiger partial charge on any atom is 0.0449 e. The lowest BCUT2D eigenvalue weighted by atomic mass is 9.89. The highest BCUT2D eigenvalue weighted by atomic mass is 32.1. The van der Waals surface area contributed by atoms with Crippen molar-refractivity contribution in [1.82, 2.24) is 0 Å². The van der Waals surface area contributed by atoms with Crippen LogP contribution in [0.5, 0.6) is 0 Å². The maximum atomic E-state index is 2.34.